The fraction of sp³-hybridized carbons (Fsp3) is 0.333. The molecule has 0 aromatic heterocycles. The molecule has 110 valence electrons. The highest BCUT2D eigenvalue weighted by molar-refractivity contribution is 6.33. The molecule has 1 saturated heterocycles. The zero-order valence-corrected chi connectivity index (χ0v) is 12.3. The summed E-state index contributed by atoms with van der Waals surface area (Å²) in [5.41, 5.74) is 0.602. The molecule has 1 aromatic carbocycles. The van der Waals surface area contributed by atoms with Crippen LogP contribution in [0.4, 0.5) is 5.69 Å². The van der Waals surface area contributed by atoms with E-state index in [1.165, 1.54) is 0 Å². The van der Waals surface area contributed by atoms with Gasteiger partial charge in [0.05, 0.1) is 17.3 Å². The van der Waals surface area contributed by atoms with Crippen molar-refractivity contribution in [2.45, 2.75) is 0 Å². The first-order valence-electron chi connectivity index (χ1n) is 6.62. The molecule has 21 heavy (non-hydrogen) atoms. The van der Waals surface area contributed by atoms with Gasteiger partial charge >= 0.3 is 0 Å². The van der Waals surface area contributed by atoms with Crippen molar-refractivity contribution in [3.63, 3.8) is 0 Å². The van der Waals surface area contributed by atoms with Gasteiger partial charge in [0.25, 0.3) is 5.91 Å². The molecule has 0 saturated carbocycles. The molecule has 1 aromatic rings. The molecule has 1 aliphatic rings. The van der Waals surface area contributed by atoms with Gasteiger partial charge in [0.15, 0.2) is 0 Å². The number of nitrogens with zero attached hydrogens (tertiary/aromatic N) is 2. The van der Waals surface area contributed by atoms with Crippen LogP contribution in [0.25, 0.3) is 0 Å². The minimum atomic E-state index is -0.296. The number of para-hydroxylation sites is 1. The third-order valence-corrected chi connectivity index (χ3v) is 3.63. The van der Waals surface area contributed by atoms with Crippen LogP contribution >= 0.6 is 11.6 Å². The molecular formula is C15H16ClN3O2. The quantitative estimate of drug-likeness (QED) is 0.850. The maximum absolute atomic E-state index is 12.0. The fourth-order valence-corrected chi connectivity index (χ4v) is 2.34. The molecule has 1 N–H and O–H groups in total. The molecule has 0 atom stereocenters. The second kappa shape index (κ2) is 7.11. The highest BCUT2D eigenvalue weighted by atomic mass is 35.5. The van der Waals surface area contributed by atoms with E-state index in [0.717, 1.165) is 0 Å². The van der Waals surface area contributed by atoms with Gasteiger partial charge in [-0.15, -0.1) is 6.42 Å². The number of amides is 2. The Bertz CT molecular complexity index is 575. The Morgan fingerprint density at radius 2 is 1.90 bits per heavy atom. The summed E-state index contributed by atoms with van der Waals surface area (Å²) in [5.74, 6) is 1.68. The number of halogens is 1. The third kappa shape index (κ3) is 4.22. The van der Waals surface area contributed by atoms with Crippen LogP contribution in [0, 0.1) is 12.3 Å². The third-order valence-electron chi connectivity index (χ3n) is 3.30. The molecule has 0 unspecified atom stereocenters. The van der Waals surface area contributed by atoms with Gasteiger partial charge in [0.1, 0.15) is 0 Å². The van der Waals surface area contributed by atoms with E-state index in [2.05, 4.69) is 11.2 Å². The second-order valence-electron chi connectivity index (χ2n) is 4.74. The van der Waals surface area contributed by atoms with E-state index < -0.39 is 0 Å². The van der Waals surface area contributed by atoms with E-state index in [-0.39, 0.29) is 18.4 Å². The lowest BCUT2D eigenvalue weighted by atomic mass is 10.3. The van der Waals surface area contributed by atoms with E-state index >= 15 is 0 Å². The van der Waals surface area contributed by atoms with Gasteiger partial charge in [-0.2, -0.15) is 0 Å². The number of piperazine rings is 1. The van der Waals surface area contributed by atoms with Gasteiger partial charge in [-0.3, -0.25) is 14.5 Å². The van der Waals surface area contributed by atoms with Crippen LogP contribution in [-0.2, 0) is 9.59 Å². The number of anilines is 1. The fourth-order valence-electron chi connectivity index (χ4n) is 2.16. The van der Waals surface area contributed by atoms with Crippen molar-refractivity contribution >= 4 is 29.1 Å². The number of hydrogen-bond acceptors (Lipinski definition) is 3. The van der Waals surface area contributed by atoms with Crippen LogP contribution in [-0.4, -0.2) is 54.3 Å². The van der Waals surface area contributed by atoms with Crippen molar-refractivity contribution in [3.8, 4) is 12.3 Å². The van der Waals surface area contributed by atoms with E-state index in [1.807, 2.05) is 11.0 Å². The number of carbonyl (C=O) groups excluding carboxylic acids is 2. The van der Waals surface area contributed by atoms with Crippen molar-refractivity contribution in [1.82, 2.24) is 9.80 Å². The number of hydrogen-bond donors (Lipinski definition) is 1. The zero-order chi connectivity index (χ0) is 15.2. The number of terminal acetylenes is 1. The minimum Gasteiger partial charge on any atom is -0.329 e. The first-order valence-corrected chi connectivity index (χ1v) is 7.00. The van der Waals surface area contributed by atoms with Crippen LogP contribution in [0.5, 0.6) is 0 Å². The molecule has 0 radical (unpaired) electrons. The first kappa shape index (κ1) is 15.4. The molecule has 2 amide bonds. The van der Waals surface area contributed by atoms with Crippen molar-refractivity contribution in [2.75, 3.05) is 38.0 Å². The number of nitrogens with one attached hydrogen (secondary N) is 1. The lowest BCUT2D eigenvalue weighted by Gasteiger charge is -2.33. The standard InChI is InChI=1S/C15H16ClN3O2/c1-2-15(21)19-9-7-18(8-10-19)11-14(20)17-13-6-4-3-5-12(13)16/h1,3-6H,7-11H2,(H,17,20). The smallest absolute Gasteiger partial charge is 0.298 e. The Labute approximate surface area is 128 Å². The summed E-state index contributed by atoms with van der Waals surface area (Å²) in [6.45, 7) is 2.61. The molecular weight excluding hydrogens is 290 g/mol. The summed E-state index contributed by atoms with van der Waals surface area (Å²) in [5, 5.41) is 3.29. The second-order valence-corrected chi connectivity index (χ2v) is 5.15. The molecule has 0 bridgehead atoms. The summed E-state index contributed by atoms with van der Waals surface area (Å²) >= 11 is 5.99. The topological polar surface area (TPSA) is 52.7 Å². The molecule has 1 fully saturated rings. The Morgan fingerprint density at radius 1 is 1.24 bits per heavy atom. The van der Waals surface area contributed by atoms with Gasteiger partial charge in [0.2, 0.25) is 5.91 Å². The average Bonchev–Trinajstić information content (AvgIpc) is 2.49. The van der Waals surface area contributed by atoms with Crippen LogP contribution in [0.2, 0.25) is 5.02 Å². The summed E-state index contributed by atoms with van der Waals surface area (Å²) in [7, 11) is 0. The first-order chi connectivity index (χ1) is 10.1. The maximum Gasteiger partial charge on any atom is 0.298 e. The van der Waals surface area contributed by atoms with Crippen LogP contribution in [0.1, 0.15) is 0 Å². The SMILES string of the molecule is C#CC(=O)N1CCN(CC(=O)Nc2ccccc2Cl)CC1. The van der Waals surface area contributed by atoms with Gasteiger partial charge in [-0.25, -0.2) is 0 Å². The average molecular weight is 306 g/mol. The summed E-state index contributed by atoms with van der Waals surface area (Å²) in [4.78, 5) is 26.9. The van der Waals surface area contributed by atoms with Crippen molar-refractivity contribution < 1.29 is 9.59 Å². The van der Waals surface area contributed by atoms with Crippen LogP contribution < -0.4 is 5.32 Å². The largest absolute Gasteiger partial charge is 0.329 e. The van der Waals surface area contributed by atoms with Crippen molar-refractivity contribution in [1.29, 1.82) is 0 Å². The predicted molar refractivity (Wildman–Crippen MR) is 81.9 cm³/mol. The molecule has 1 heterocycles. The van der Waals surface area contributed by atoms with E-state index in [1.54, 1.807) is 23.1 Å². The van der Waals surface area contributed by atoms with E-state index in [4.69, 9.17) is 18.0 Å². The Balaban J connectivity index is 1.81. The highest BCUT2D eigenvalue weighted by Gasteiger charge is 2.21. The molecule has 2 rings (SSSR count). The maximum atomic E-state index is 12.0. The highest BCUT2D eigenvalue weighted by Crippen LogP contribution is 2.20. The van der Waals surface area contributed by atoms with Crippen molar-refractivity contribution in [3.05, 3.63) is 29.3 Å². The van der Waals surface area contributed by atoms with Crippen LogP contribution in [0.3, 0.4) is 0 Å². The number of carbonyl (C=O) groups is 2. The summed E-state index contributed by atoms with van der Waals surface area (Å²) in [6, 6.07) is 7.09. The van der Waals surface area contributed by atoms with Gasteiger partial charge in [-0.1, -0.05) is 23.7 Å². The lowest BCUT2D eigenvalue weighted by Crippen LogP contribution is -2.50. The van der Waals surface area contributed by atoms with Crippen molar-refractivity contribution in [2.24, 2.45) is 0 Å². The molecule has 0 spiro atoms. The number of benzene rings is 1. The molecule has 6 heteroatoms. The van der Waals surface area contributed by atoms with E-state index in [0.29, 0.717) is 36.9 Å². The predicted octanol–water partition coefficient (Wildman–Crippen LogP) is 1.06. The molecule has 0 aliphatic carbocycles. The molecule has 1 aliphatic heterocycles. The minimum absolute atomic E-state index is 0.125. The summed E-state index contributed by atoms with van der Waals surface area (Å²) < 4.78 is 0. The molecule has 5 nitrogen and oxygen atoms in total. The monoisotopic (exact) mass is 305 g/mol. The lowest BCUT2D eigenvalue weighted by molar-refractivity contribution is -0.127. The summed E-state index contributed by atoms with van der Waals surface area (Å²) in [6.07, 6.45) is 5.09. The Morgan fingerprint density at radius 3 is 2.52 bits per heavy atom. The van der Waals surface area contributed by atoms with E-state index in [9.17, 15) is 9.59 Å². The Hall–Kier alpha value is -2.03. The normalized spacial score (nSPS) is 15.3. The zero-order valence-electron chi connectivity index (χ0n) is 11.5. The van der Waals surface area contributed by atoms with Gasteiger partial charge in [0, 0.05) is 26.2 Å². The Kier molecular flexibility index (Phi) is 5.20. The number of rotatable bonds is 3. The van der Waals surface area contributed by atoms with Gasteiger partial charge < -0.3 is 10.2 Å². The van der Waals surface area contributed by atoms with Gasteiger partial charge in [-0.05, 0) is 18.1 Å². The van der Waals surface area contributed by atoms with Crippen LogP contribution in [0.15, 0.2) is 24.3 Å².